The average Bonchev–Trinajstić information content (AvgIpc) is 3.30. The Morgan fingerprint density at radius 3 is 1.01 bits per heavy atom. The third-order valence-electron chi connectivity index (χ3n) is 10.6. The minimum absolute atomic E-state index is 0. The van der Waals surface area contributed by atoms with Crippen LogP contribution in [-0.4, -0.2) is 191 Å². The third kappa shape index (κ3) is 42.2. The number of hydrogen-bond acceptors (Lipinski definition) is 19. The predicted molar refractivity (Wildman–Crippen MR) is 289 cm³/mol. The fourth-order valence-corrected chi connectivity index (χ4v) is 9.19. The van der Waals surface area contributed by atoms with Gasteiger partial charge < -0.3 is 72.2 Å². The quantitative estimate of drug-likeness (QED) is 0.136. The molecule has 5 rings (SSSR count). The van der Waals surface area contributed by atoms with Gasteiger partial charge in [-0.25, -0.2) is 19.2 Å². The Labute approximate surface area is 476 Å². The second kappa shape index (κ2) is 45.2. The van der Waals surface area contributed by atoms with Gasteiger partial charge in [0.05, 0.1) is 88.5 Å². The summed E-state index contributed by atoms with van der Waals surface area (Å²) in [4.78, 5) is 65.1. The summed E-state index contributed by atoms with van der Waals surface area (Å²) in [7, 11) is -1.22. The van der Waals surface area contributed by atoms with E-state index in [9.17, 15) is 28.8 Å². The maximum Gasteiger partial charge on any atom is 1.00 e. The fourth-order valence-electron chi connectivity index (χ4n) is 7.78. The van der Waals surface area contributed by atoms with Crippen molar-refractivity contribution in [1.82, 2.24) is 0 Å². The van der Waals surface area contributed by atoms with E-state index in [2.05, 4.69) is 33.5 Å². The van der Waals surface area contributed by atoms with Crippen LogP contribution in [0.2, 0.25) is 19.6 Å². The van der Waals surface area contributed by atoms with E-state index in [1.807, 2.05) is 55.4 Å². The molecule has 452 valence electrons. The summed E-state index contributed by atoms with van der Waals surface area (Å²) in [5.74, 6) is -2.17. The van der Waals surface area contributed by atoms with Crippen LogP contribution in [0.5, 0.6) is 0 Å². The number of hydrogen-bond donors (Lipinski definition) is 2. The van der Waals surface area contributed by atoms with Gasteiger partial charge >= 0.3 is 42.7 Å². The van der Waals surface area contributed by atoms with Crippen molar-refractivity contribution < 1.29 is 121 Å². The Hall–Kier alpha value is -2.41. The number of ether oxygens (including phenoxy) is 11. The molecule has 5 aliphatic heterocycles. The van der Waals surface area contributed by atoms with Gasteiger partial charge in [0.25, 0.3) is 0 Å². The van der Waals surface area contributed by atoms with Gasteiger partial charge in [0.2, 0.25) is 0 Å². The third-order valence-corrected chi connectivity index (χ3v) is 11.8. The van der Waals surface area contributed by atoms with E-state index in [0.717, 1.165) is 32.1 Å². The number of carboxylic acids is 2. The number of ketones is 2. The Kier molecular flexibility index (Phi) is 47.6. The van der Waals surface area contributed by atoms with Crippen molar-refractivity contribution in [2.75, 3.05) is 46.2 Å². The summed E-state index contributed by atoms with van der Waals surface area (Å²) in [6.07, 6.45) is 6.06. The zero-order valence-corrected chi connectivity index (χ0v) is 50.3. The van der Waals surface area contributed by atoms with Gasteiger partial charge in [-0.05, 0) is 167 Å². The molecule has 9 atom stereocenters. The number of rotatable bonds is 17. The molecule has 0 aromatic rings. The molecule has 5 saturated heterocycles. The Balaban J connectivity index is -0.000000273. The van der Waals surface area contributed by atoms with Crippen LogP contribution in [-0.2, 0) is 85.3 Å². The first-order valence-electron chi connectivity index (χ1n) is 26.8. The van der Waals surface area contributed by atoms with Crippen molar-refractivity contribution >= 4 is 43.8 Å². The van der Waals surface area contributed by atoms with Gasteiger partial charge in [-0.1, -0.05) is 7.43 Å². The van der Waals surface area contributed by atoms with Crippen LogP contribution >= 0.6 is 0 Å². The molecule has 0 bridgehead atoms. The van der Waals surface area contributed by atoms with E-state index < -0.39 is 44.7 Å². The maximum atomic E-state index is 11.3. The zero-order chi connectivity index (χ0) is 56.6. The van der Waals surface area contributed by atoms with Crippen molar-refractivity contribution in [3.05, 3.63) is 0 Å². The van der Waals surface area contributed by atoms with Gasteiger partial charge in [-0.15, -0.1) is 0 Å². The summed E-state index contributed by atoms with van der Waals surface area (Å²) in [6, 6.07) is 0. The van der Waals surface area contributed by atoms with Crippen LogP contribution in [0.25, 0.3) is 0 Å². The number of carboxylic acid groups (broad SMARTS) is 2. The molecule has 21 nitrogen and oxygen atoms in total. The van der Waals surface area contributed by atoms with Crippen molar-refractivity contribution in [3.8, 4) is 0 Å². The molecule has 0 radical (unpaired) electrons. The largest absolute Gasteiger partial charge is 1.00 e. The molecule has 23 heteroatoms. The van der Waals surface area contributed by atoms with Crippen molar-refractivity contribution in [1.29, 1.82) is 0 Å². The first kappa shape index (κ1) is 81.1. The first-order valence-corrected chi connectivity index (χ1v) is 30.2. The Bertz CT molecular complexity index is 1450. The molecule has 0 aromatic heterocycles. The maximum absolute atomic E-state index is 11.3. The minimum Gasteiger partial charge on any atom is -0.870 e. The Morgan fingerprint density at radius 2 is 0.818 bits per heavy atom. The van der Waals surface area contributed by atoms with E-state index in [1.54, 1.807) is 20.8 Å². The Morgan fingerprint density at radius 1 is 0.519 bits per heavy atom. The first-order chi connectivity index (χ1) is 34.6. The molecule has 0 spiro atoms. The van der Waals surface area contributed by atoms with E-state index in [1.165, 1.54) is 0 Å². The van der Waals surface area contributed by atoms with Crippen molar-refractivity contribution in [2.24, 2.45) is 0 Å². The summed E-state index contributed by atoms with van der Waals surface area (Å²) < 4.78 is 63.4. The number of carbonyl (C=O) groups is 6. The monoisotopic (exact) mass is 1120 g/mol. The van der Waals surface area contributed by atoms with Crippen LogP contribution in [0.1, 0.15) is 163 Å². The molecular formula is C54H105LiO21Si. The molecule has 0 amide bonds. The molecule has 77 heavy (non-hydrogen) atoms. The molecule has 3 N–H and O–H groups in total. The molecule has 5 fully saturated rings. The summed E-state index contributed by atoms with van der Waals surface area (Å²) in [6.45, 7) is 34.4. The van der Waals surface area contributed by atoms with Gasteiger partial charge in [0.1, 0.15) is 12.7 Å². The number of esters is 2. The van der Waals surface area contributed by atoms with Crippen LogP contribution in [0.15, 0.2) is 0 Å². The normalized spacial score (nSPS) is 25.0. The fraction of sp³-hybridized carbons (Fsp3) is 0.889. The van der Waals surface area contributed by atoms with Crippen molar-refractivity contribution in [3.63, 3.8) is 0 Å². The van der Waals surface area contributed by atoms with Crippen LogP contribution in [0.4, 0.5) is 0 Å². The second-order valence-electron chi connectivity index (χ2n) is 20.8. The molecule has 0 aliphatic carbocycles. The molecule has 0 aromatic carbocycles. The summed E-state index contributed by atoms with van der Waals surface area (Å²) in [5, 5.41) is 17.3. The van der Waals surface area contributed by atoms with Gasteiger partial charge in [0.15, 0.2) is 44.3 Å². The molecule has 5 heterocycles. The number of carbonyl (C=O) groups excluding carboxylic acids is 4. The van der Waals surface area contributed by atoms with Crippen LogP contribution < -0.4 is 18.9 Å². The predicted octanol–water partition coefficient (Wildman–Crippen LogP) is 5.41. The smallest absolute Gasteiger partial charge is 0.870 e. The van der Waals surface area contributed by atoms with Gasteiger partial charge in [-0.3, -0.25) is 9.59 Å². The van der Waals surface area contributed by atoms with Crippen LogP contribution in [0.3, 0.4) is 0 Å². The van der Waals surface area contributed by atoms with Gasteiger partial charge in [0, 0.05) is 14.0 Å². The summed E-state index contributed by atoms with van der Waals surface area (Å²) >= 11 is 0. The minimum atomic E-state index is -1.22. The van der Waals surface area contributed by atoms with E-state index in [0.29, 0.717) is 77.8 Å². The zero-order valence-electron chi connectivity index (χ0n) is 49.3. The van der Waals surface area contributed by atoms with E-state index in [4.69, 9.17) is 66.7 Å². The van der Waals surface area contributed by atoms with Crippen molar-refractivity contribution in [2.45, 2.75) is 267 Å². The second-order valence-corrected chi connectivity index (χ2v) is 25.2. The molecule has 5 aliphatic rings. The topological polar surface area (TPSA) is 284 Å². The number of Topliss-reactive ketones (excluding diaryl/α,β-unsaturated/α-hetero) is 2. The SMILES string of the molecule is C.CC(=O)[C@H]1CC[C@H](OC(C)C)CO1.CC(C)OC1CCC(C(=O)O)OC1.CC(C)O[C@H]1CC[C@H](C(=O)O)OC1.CC(C)O[Si](C)(C)C.CCOC(=O)C1CCC(=O)CO1.CCOC(=O)C1CCC(OC(C)C)CO1.[HH].[Li+].[OH-]. The number of aliphatic carboxylic acids is 2. The van der Waals surface area contributed by atoms with Crippen LogP contribution in [0, 0.1) is 0 Å². The van der Waals surface area contributed by atoms with E-state index in [-0.39, 0.29) is 118 Å². The van der Waals surface area contributed by atoms with Gasteiger partial charge in [-0.2, -0.15) is 0 Å². The average molecular weight is 1130 g/mol. The summed E-state index contributed by atoms with van der Waals surface area (Å²) in [5.41, 5.74) is 0. The molecule has 5 unspecified atom stereocenters. The standard InChI is InChI=1S/C11H20O4.C10H18O3.2C9H16O4.C8H12O4.C6H16OSi.CH4.Li.H2O.H2/c1-4-13-11(12)10-6-5-9(7-14-10)15-8(2)3;1-7(2)13-9-4-5-10(8(3)11)12-6-9;2*1-6(2)13-7-3-4-8(9(10)11)12-5-7;1-2-11-8(10)7-4-3-6(9)5-12-7;1-6(2)7-8(3,4)5;;;;/h8-10H,4-7H2,1-3H3;7,9-10H,4-6H2,1-3H3;2*6-8H,3-5H2,1-2H3,(H,10,11);7H,2-5H2,1H3;6H,1-5H3;1H4;;1H2;1H/q;;;;;;;+1;;/p-1/t;9-,10+;7-,8+;;;;;;;/m.00......./s1. The van der Waals surface area contributed by atoms with E-state index >= 15 is 0 Å². The molecular weight excluding hydrogens is 1020 g/mol. The molecule has 0 saturated carbocycles.